The maximum atomic E-state index is 11.4. The van der Waals surface area contributed by atoms with Gasteiger partial charge in [0.1, 0.15) is 34.6 Å². The molecule has 0 unspecified atom stereocenters. The Balaban J connectivity index is 1.18. The van der Waals surface area contributed by atoms with Crippen LogP contribution in [0.25, 0.3) is 33.3 Å². The summed E-state index contributed by atoms with van der Waals surface area (Å²) in [5.74, 6) is 2.44. The fourth-order valence-electron chi connectivity index (χ4n) is 5.55. The number of rotatable bonds is 10. The second kappa shape index (κ2) is 12.8. The van der Waals surface area contributed by atoms with Crippen LogP contribution in [-0.4, -0.2) is 68.0 Å². The number of halogens is 1. The van der Waals surface area contributed by atoms with Gasteiger partial charge in [-0.2, -0.15) is 5.10 Å². The summed E-state index contributed by atoms with van der Waals surface area (Å²) in [4.78, 5) is 27.3. The number of urea groups is 1. The molecular formula is C32H39ClN8O3Si. The summed E-state index contributed by atoms with van der Waals surface area (Å²) in [5, 5.41) is 4.94. The molecule has 2 amide bonds. The SMILES string of the molecule is Cc1nc2ccc(Oc3ccc4ncc(-c5cnn(CC6CCN(C(N)=O)CC6)c5)nc4c3Cl)cc2n1COCC[Si](C)(C)C. The number of piperidine rings is 1. The lowest BCUT2D eigenvalue weighted by Crippen LogP contribution is -2.42. The van der Waals surface area contributed by atoms with Crippen molar-refractivity contribution < 1.29 is 14.3 Å². The van der Waals surface area contributed by atoms with Crippen LogP contribution in [0.5, 0.6) is 11.5 Å². The van der Waals surface area contributed by atoms with E-state index in [4.69, 9.17) is 36.8 Å². The lowest BCUT2D eigenvalue weighted by Gasteiger charge is -2.30. The number of nitrogens with zero attached hydrogens (tertiary/aromatic N) is 7. The van der Waals surface area contributed by atoms with Gasteiger partial charge in [0.25, 0.3) is 0 Å². The molecule has 13 heteroatoms. The molecule has 11 nitrogen and oxygen atoms in total. The van der Waals surface area contributed by atoms with E-state index in [1.807, 2.05) is 48.1 Å². The maximum Gasteiger partial charge on any atom is 0.314 e. The Morgan fingerprint density at radius 1 is 1.09 bits per heavy atom. The molecule has 2 aromatic carbocycles. The van der Waals surface area contributed by atoms with Gasteiger partial charge in [0.15, 0.2) is 0 Å². The molecule has 1 fully saturated rings. The summed E-state index contributed by atoms with van der Waals surface area (Å²) in [6, 6.07) is 10.2. The van der Waals surface area contributed by atoms with Gasteiger partial charge in [0.05, 0.1) is 34.6 Å². The minimum atomic E-state index is -1.17. The summed E-state index contributed by atoms with van der Waals surface area (Å²) in [6.07, 6.45) is 7.29. The molecule has 6 rings (SSSR count). The summed E-state index contributed by atoms with van der Waals surface area (Å²) in [5.41, 5.74) is 9.98. The fourth-order valence-corrected chi connectivity index (χ4v) is 6.55. The highest BCUT2D eigenvalue weighted by molar-refractivity contribution is 6.76. The number of hydrogen-bond donors (Lipinski definition) is 1. The predicted molar refractivity (Wildman–Crippen MR) is 178 cm³/mol. The normalized spacial score (nSPS) is 14.5. The van der Waals surface area contributed by atoms with Crippen LogP contribution in [0, 0.1) is 12.8 Å². The van der Waals surface area contributed by atoms with Gasteiger partial charge in [-0.1, -0.05) is 31.2 Å². The molecule has 236 valence electrons. The van der Waals surface area contributed by atoms with E-state index in [-0.39, 0.29) is 6.03 Å². The van der Waals surface area contributed by atoms with Crippen LogP contribution in [0.4, 0.5) is 4.79 Å². The first-order chi connectivity index (χ1) is 21.5. The number of hydrogen-bond acceptors (Lipinski definition) is 7. The Bertz CT molecular complexity index is 1840. The van der Waals surface area contributed by atoms with Crippen molar-refractivity contribution in [2.75, 3.05) is 19.7 Å². The largest absolute Gasteiger partial charge is 0.456 e. The first kappa shape index (κ1) is 31.0. The van der Waals surface area contributed by atoms with Gasteiger partial charge in [0.2, 0.25) is 0 Å². The molecule has 1 aliphatic heterocycles. The molecule has 0 radical (unpaired) electrons. The van der Waals surface area contributed by atoms with E-state index < -0.39 is 8.07 Å². The zero-order valence-electron chi connectivity index (χ0n) is 26.2. The van der Waals surface area contributed by atoms with Gasteiger partial charge in [-0.05, 0) is 56.0 Å². The molecule has 1 saturated heterocycles. The van der Waals surface area contributed by atoms with Crippen LogP contribution < -0.4 is 10.5 Å². The number of primary amides is 1. The van der Waals surface area contributed by atoms with E-state index in [1.54, 1.807) is 17.3 Å². The number of nitrogens with two attached hydrogens (primary N) is 1. The number of carbonyl (C=O) groups excluding carboxylic acids is 1. The van der Waals surface area contributed by atoms with Crippen molar-refractivity contribution in [2.45, 2.75) is 58.7 Å². The van der Waals surface area contributed by atoms with Gasteiger partial charge in [0, 0.05) is 52.1 Å². The standard InChI is InChI=1S/C32H39ClN8O3Si/c1-21-37-25-6-5-24(15-28(25)41(21)20-43-13-14-45(2,3)4)44-29-8-7-26-31(30(29)33)38-27(17-35-26)23-16-36-40(19-23)18-22-9-11-39(12-10-22)32(34)42/h5-8,15-17,19,22H,9-14,18,20H2,1-4H3,(H2,34,42). The molecule has 1 aliphatic rings. The average Bonchev–Trinajstić information content (AvgIpc) is 3.60. The highest BCUT2D eigenvalue weighted by Gasteiger charge is 2.22. The van der Waals surface area contributed by atoms with E-state index >= 15 is 0 Å². The minimum Gasteiger partial charge on any atom is -0.456 e. The number of amides is 2. The van der Waals surface area contributed by atoms with E-state index in [9.17, 15) is 4.79 Å². The van der Waals surface area contributed by atoms with Crippen molar-refractivity contribution in [1.82, 2.24) is 34.2 Å². The van der Waals surface area contributed by atoms with E-state index in [0.717, 1.165) is 54.5 Å². The Hall–Kier alpha value is -4.00. The molecule has 0 saturated carbocycles. The van der Waals surface area contributed by atoms with E-state index in [2.05, 4.69) is 34.3 Å². The highest BCUT2D eigenvalue weighted by Crippen LogP contribution is 2.36. The van der Waals surface area contributed by atoms with Crippen molar-refractivity contribution in [1.29, 1.82) is 0 Å². The molecule has 2 N–H and O–H groups in total. The number of aromatic nitrogens is 6. The monoisotopic (exact) mass is 646 g/mol. The molecular weight excluding hydrogens is 608 g/mol. The van der Waals surface area contributed by atoms with E-state index in [0.29, 0.717) is 59.0 Å². The Morgan fingerprint density at radius 2 is 1.87 bits per heavy atom. The van der Waals surface area contributed by atoms with Crippen LogP contribution in [-0.2, 0) is 18.0 Å². The number of imidazole rings is 1. The second-order valence-electron chi connectivity index (χ2n) is 12.9. The molecule has 0 aliphatic carbocycles. The lowest BCUT2D eigenvalue weighted by molar-refractivity contribution is 0.0885. The van der Waals surface area contributed by atoms with Crippen molar-refractivity contribution in [3.8, 4) is 22.8 Å². The Morgan fingerprint density at radius 3 is 2.62 bits per heavy atom. The van der Waals surface area contributed by atoms with Crippen LogP contribution in [0.1, 0.15) is 18.7 Å². The zero-order valence-corrected chi connectivity index (χ0v) is 27.9. The first-order valence-electron chi connectivity index (χ1n) is 15.3. The number of ether oxygens (including phenoxy) is 2. The van der Waals surface area contributed by atoms with Crippen LogP contribution in [0.15, 0.2) is 48.9 Å². The van der Waals surface area contributed by atoms with Crippen molar-refractivity contribution in [3.63, 3.8) is 0 Å². The number of aryl methyl sites for hydroxylation is 1. The summed E-state index contributed by atoms with van der Waals surface area (Å²) >= 11 is 6.87. The van der Waals surface area contributed by atoms with Crippen LogP contribution in [0.3, 0.4) is 0 Å². The third-order valence-corrected chi connectivity index (χ3v) is 10.3. The average molecular weight is 647 g/mol. The highest BCUT2D eigenvalue weighted by atomic mass is 35.5. The predicted octanol–water partition coefficient (Wildman–Crippen LogP) is 6.70. The molecule has 0 spiro atoms. The van der Waals surface area contributed by atoms with Crippen LogP contribution in [0.2, 0.25) is 30.7 Å². The van der Waals surface area contributed by atoms with Gasteiger partial charge in [-0.15, -0.1) is 0 Å². The first-order valence-corrected chi connectivity index (χ1v) is 19.4. The minimum absolute atomic E-state index is 0.353. The summed E-state index contributed by atoms with van der Waals surface area (Å²) in [6.45, 7) is 12.3. The van der Waals surface area contributed by atoms with Crippen molar-refractivity contribution in [3.05, 3.63) is 59.8 Å². The number of carbonyl (C=O) groups is 1. The van der Waals surface area contributed by atoms with Gasteiger partial charge >= 0.3 is 6.03 Å². The van der Waals surface area contributed by atoms with Gasteiger partial charge in [-0.25, -0.2) is 14.8 Å². The van der Waals surface area contributed by atoms with E-state index in [1.165, 1.54) is 0 Å². The third kappa shape index (κ3) is 7.13. The second-order valence-corrected chi connectivity index (χ2v) is 18.9. The van der Waals surface area contributed by atoms with Crippen molar-refractivity contribution >= 4 is 47.8 Å². The summed E-state index contributed by atoms with van der Waals surface area (Å²) < 4.78 is 16.3. The molecule has 5 aromatic rings. The number of fused-ring (bicyclic) bond motifs is 2. The number of benzene rings is 2. The summed E-state index contributed by atoms with van der Waals surface area (Å²) in [7, 11) is -1.17. The quantitative estimate of drug-likeness (QED) is 0.132. The van der Waals surface area contributed by atoms with Crippen LogP contribution >= 0.6 is 11.6 Å². The maximum absolute atomic E-state index is 11.4. The molecule has 45 heavy (non-hydrogen) atoms. The number of likely N-dealkylation sites (tertiary alicyclic amines) is 1. The topological polar surface area (TPSA) is 126 Å². The molecule has 0 atom stereocenters. The Labute approximate surface area is 268 Å². The van der Waals surface area contributed by atoms with Crippen molar-refractivity contribution in [2.24, 2.45) is 11.7 Å². The third-order valence-electron chi connectivity index (χ3n) is 8.27. The smallest absolute Gasteiger partial charge is 0.314 e. The zero-order chi connectivity index (χ0) is 31.7. The molecule has 3 aromatic heterocycles. The van der Waals surface area contributed by atoms with Gasteiger partial charge in [-0.3, -0.25) is 9.67 Å². The fraction of sp³-hybridized carbons (Fsp3) is 0.406. The van der Waals surface area contributed by atoms with Gasteiger partial charge < -0.3 is 24.7 Å². The molecule has 0 bridgehead atoms. The molecule has 4 heterocycles. The Kier molecular flexibility index (Phi) is 8.80. The lowest BCUT2D eigenvalue weighted by atomic mass is 9.97.